The van der Waals surface area contributed by atoms with Crippen molar-refractivity contribution in [1.29, 1.82) is 0 Å². The standard InChI is InChI=1S/C8H10ClN3O2/c9-7-1-10-2-8(11-7)12-3-5(13)6(14)4-12/h1-2,5-6,13-14H,3-4H2. The zero-order valence-corrected chi connectivity index (χ0v) is 8.09. The molecular weight excluding hydrogens is 206 g/mol. The molecule has 76 valence electrons. The van der Waals surface area contributed by atoms with E-state index in [1.807, 2.05) is 0 Å². The van der Waals surface area contributed by atoms with Crippen molar-refractivity contribution >= 4 is 17.4 Å². The number of β-amino-alcohol motifs (C(OH)–C–C–N with tert-alkyl or cyclic N) is 2. The first kappa shape index (κ1) is 9.64. The number of aromatic nitrogens is 2. The Morgan fingerprint density at radius 1 is 1.29 bits per heavy atom. The Bertz CT molecular complexity index is 326. The lowest BCUT2D eigenvalue weighted by molar-refractivity contribution is 0.0572. The largest absolute Gasteiger partial charge is 0.389 e. The van der Waals surface area contributed by atoms with Crippen LogP contribution in [0, 0.1) is 0 Å². The molecule has 1 saturated heterocycles. The highest BCUT2D eigenvalue weighted by molar-refractivity contribution is 6.29. The second-order valence-electron chi connectivity index (χ2n) is 3.24. The van der Waals surface area contributed by atoms with Crippen molar-refractivity contribution in [3.05, 3.63) is 17.5 Å². The van der Waals surface area contributed by atoms with Gasteiger partial charge < -0.3 is 15.1 Å². The molecule has 0 bridgehead atoms. The van der Waals surface area contributed by atoms with Crippen LogP contribution < -0.4 is 4.90 Å². The molecule has 5 nitrogen and oxygen atoms in total. The van der Waals surface area contributed by atoms with Crippen molar-refractivity contribution in [3.8, 4) is 0 Å². The van der Waals surface area contributed by atoms with Crippen LogP contribution in [0.3, 0.4) is 0 Å². The lowest BCUT2D eigenvalue weighted by Crippen LogP contribution is -2.22. The van der Waals surface area contributed by atoms with E-state index in [0.717, 1.165) is 0 Å². The summed E-state index contributed by atoms with van der Waals surface area (Å²) in [5.74, 6) is 0.577. The van der Waals surface area contributed by atoms with Crippen LogP contribution in [0.25, 0.3) is 0 Å². The molecule has 0 aliphatic carbocycles. The van der Waals surface area contributed by atoms with E-state index in [2.05, 4.69) is 9.97 Å². The van der Waals surface area contributed by atoms with Crippen LogP contribution in [0.1, 0.15) is 0 Å². The molecule has 2 unspecified atom stereocenters. The van der Waals surface area contributed by atoms with Crippen molar-refractivity contribution in [2.24, 2.45) is 0 Å². The summed E-state index contributed by atoms with van der Waals surface area (Å²) in [5.41, 5.74) is 0. The molecule has 0 aromatic carbocycles. The van der Waals surface area contributed by atoms with Crippen LogP contribution in [-0.4, -0.2) is 45.5 Å². The van der Waals surface area contributed by atoms with E-state index in [0.29, 0.717) is 24.1 Å². The molecule has 2 N–H and O–H groups in total. The molecule has 6 heteroatoms. The molecule has 14 heavy (non-hydrogen) atoms. The van der Waals surface area contributed by atoms with Gasteiger partial charge in [-0.3, -0.25) is 4.98 Å². The average Bonchev–Trinajstić information content (AvgIpc) is 2.47. The maximum atomic E-state index is 9.33. The van der Waals surface area contributed by atoms with Gasteiger partial charge in [0.25, 0.3) is 0 Å². The number of hydrogen-bond acceptors (Lipinski definition) is 5. The summed E-state index contributed by atoms with van der Waals surface area (Å²) in [5, 5.41) is 19.0. The third-order valence-corrected chi connectivity index (χ3v) is 2.36. The summed E-state index contributed by atoms with van der Waals surface area (Å²) in [6, 6.07) is 0. The fourth-order valence-electron chi connectivity index (χ4n) is 1.44. The fourth-order valence-corrected chi connectivity index (χ4v) is 1.58. The maximum absolute atomic E-state index is 9.33. The van der Waals surface area contributed by atoms with E-state index in [-0.39, 0.29) is 0 Å². The van der Waals surface area contributed by atoms with E-state index in [1.165, 1.54) is 6.20 Å². The van der Waals surface area contributed by atoms with Crippen molar-refractivity contribution in [1.82, 2.24) is 9.97 Å². The number of aliphatic hydroxyl groups is 2. The normalized spacial score (nSPS) is 26.9. The lowest BCUT2D eigenvalue weighted by atomic mass is 10.3. The first-order chi connectivity index (χ1) is 6.66. The van der Waals surface area contributed by atoms with Gasteiger partial charge in [0.1, 0.15) is 11.0 Å². The molecule has 1 aromatic heterocycles. The zero-order valence-electron chi connectivity index (χ0n) is 7.34. The van der Waals surface area contributed by atoms with E-state index in [4.69, 9.17) is 11.6 Å². The van der Waals surface area contributed by atoms with Crippen LogP contribution >= 0.6 is 11.6 Å². The molecule has 1 fully saturated rings. The Morgan fingerprint density at radius 2 is 1.93 bits per heavy atom. The van der Waals surface area contributed by atoms with Crippen molar-refractivity contribution < 1.29 is 10.2 Å². The molecule has 0 spiro atoms. The Morgan fingerprint density at radius 3 is 2.50 bits per heavy atom. The highest BCUT2D eigenvalue weighted by Crippen LogP contribution is 2.18. The molecule has 0 amide bonds. The second-order valence-corrected chi connectivity index (χ2v) is 3.63. The fraction of sp³-hybridized carbons (Fsp3) is 0.500. The summed E-state index contributed by atoms with van der Waals surface area (Å²) in [6.07, 6.45) is 1.54. The van der Waals surface area contributed by atoms with E-state index < -0.39 is 12.2 Å². The van der Waals surface area contributed by atoms with Crippen LogP contribution in [0.2, 0.25) is 5.15 Å². The van der Waals surface area contributed by atoms with E-state index in [1.54, 1.807) is 11.1 Å². The van der Waals surface area contributed by atoms with Gasteiger partial charge in [0, 0.05) is 13.1 Å². The maximum Gasteiger partial charge on any atom is 0.149 e. The van der Waals surface area contributed by atoms with E-state index in [9.17, 15) is 10.2 Å². The predicted molar refractivity (Wildman–Crippen MR) is 51.3 cm³/mol. The predicted octanol–water partition coefficient (Wildman–Crippen LogP) is -0.328. The van der Waals surface area contributed by atoms with Crippen LogP contribution in [-0.2, 0) is 0 Å². The van der Waals surface area contributed by atoms with Gasteiger partial charge in [-0.25, -0.2) is 4.98 Å². The zero-order chi connectivity index (χ0) is 10.1. The number of aliphatic hydroxyl groups excluding tert-OH is 2. The molecule has 1 aliphatic rings. The third-order valence-electron chi connectivity index (χ3n) is 2.18. The Hall–Kier alpha value is -0.910. The first-order valence-electron chi connectivity index (χ1n) is 4.25. The number of halogens is 1. The van der Waals surface area contributed by atoms with Gasteiger partial charge in [-0.2, -0.15) is 0 Å². The second kappa shape index (κ2) is 3.68. The van der Waals surface area contributed by atoms with Crippen molar-refractivity contribution in [2.75, 3.05) is 18.0 Å². The van der Waals surface area contributed by atoms with Gasteiger partial charge in [0.05, 0.1) is 24.6 Å². The van der Waals surface area contributed by atoms with Crippen LogP contribution in [0.5, 0.6) is 0 Å². The van der Waals surface area contributed by atoms with Gasteiger partial charge in [-0.15, -0.1) is 0 Å². The smallest absolute Gasteiger partial charge is 0.149 e. The number of hydrogen-bond donors (Lipinski definition) is 2. The number of nitrogens with zero attached hydrogens (tertiary/aromatic N) is 3. The summed E-state index contributed by atoms with van der Waals surface area (Å²) in [7, 11) is 0. The Kier molecular flexibility index (Phi) is 2.54. The minimum absolute atomic E-state index is 0.304. The molecule has 0 saturated carbocycles. The quantitative estimate of drug-likeness (QED) is 0.672. The summed E-state index contributed by atoms with van der Waals surface area (Å²) in [4.78, 5) is 9.65. The molecule has 1 aromatic rings. The monoisotopic (exact) mass is 215 g/mol. The van der Waals surface area contributed by atoms with Crippen molar-refractivity contribution in [3.63, 3.8) is 0 Å². The van der Waals surface area contributed by atoms with Gasteiger partial charge in [-0.1, -0.05) is 11.6 Å². The Labute approximate surface area is 86.0 Å². The number of anilines is 1. The minimum atomic E-state index is -0.726. The van der Waals surface area contributed by atoms with Gasteiger partial charge in [0.2, 0.25) is 0 Å². The average molecular weight is 216 g/mol. The third kappa shape index (κ3) is 1.79. The molecule has 0 radical (unpaired) electrons. The van der Waals surface area contributed by atoms with Crippen LogP contribution in [0.15, 0.2) is 12.4 Å². The topological polar surface area (TPSA) is 69.5 Å². The molecule has 1 aliphatic heterocycles. The van der Waals surface area contributed by atoms with Gasteiger partial charge >= 0.3 is 0 Å². The lowest BCUT2D eigenvalue weighted by Gasteiger charge is -2.15. The number of rotatable bonds is 1. The van der Waals surface area contributed by atoms with Gasteiger partial charge in [-0.05, 0) is 0 Å². The van der Waals surface area contributed by atoms with E-state index >= 15 is 0 Å². The summed E-state index contributed by atoms with van der Waals surface area (Å²) in [6.45, 7) is 0.715. The molecule has 2 atom stereocenters. The minimum Gasteiger partial charge on any atom is -0.389 e. The first-order valence-corrected chi connectivity index (χ1v) is 4.63. The van der Waals surface area contributed by atoms with Gasteiger partial charge in [0.15, 0.2) is 0 Å². The van der Waals surface area contributed by atoms with Crippen molar-refractivity contribution in [2.45, 2.75) is 12.2 Å². The van der Waals surface area contributed by atoms with Crippen LogP contribution in [0.4, 0.5) is 5.82 Å². The molecule has 2 rings (SSSR count). The summed E-state index contributed by atoms with van der Waals surface area (Å²) < 4.78 is 0. The molecular formula is C8H10ClN3O2. The summed E-state index contributed by atoms with van der Waals surface area (Å²) >= 11 is 5.67. The highest BCUT2D eigenvalue weighted by Gasteiger charge is 2.30. The SMILES string of the molecule is OC1CN(c2cncc(Cl)n2)CC1O. The Balaban J connectivity index is 2.17. The molecule has 2 heterocycles. The highest BCUT2D eigenvalue weighted by atomic mass is 35.5.